The number of rotatable bonds is 5. The van der Waals surface area contributed by atoms with Crippen molar-refractivity contribution in [2.75, 3.05) is 13.7 Å². The number of methoxy groups -OCH3 is 1. The molecule has 0 unspecified atom stereocenters. The Morgan fingerprint density at radius 1 is 1.56 bits per heavy atom. The molecule has 0 amide bonds. The van der Waals surface area contributed by atoms with Crippen LogP contribution in [0.1, 0.15) is 12.5 Å². The molecular formula is C13H17N3OS. The molecule has 1 rings (SSSR count). The summed E-state index contributed by atoms with van der Waals surface area (Å²) in [4.78, 5) is 0. The van der Waals surface area contributed by atoms with Crippen LogP contribution < -0.4 is 15.5 Å². The van der Waals surface area contributed by atoms with Crippen LogP contribution in [0.15, 0.2) is 42.0 Å². The van der Waals surface area contributed by atoms with Gasteiger partial charge in [0.25, 0.3) is 0 Å². The molecule has 0 bridgehead atoms. The summed E-state index contributed by atoms with van der Waals surface area (Å²) in [6.07, 6.45) is 1.73. The highest BCUT2D eigenvalue weighted by atomic mass is 32.1. The van der Waals surface area contributed by atoms with Gasteiger partial charge < -0.3 is 10.1 Å². The smallest absolute Gasteiger partial charge is 0.187 e. The van der Waals surface area contributed by atoms with Crippen LogP contribution in [0.2, 0.25) is 0 Å². The Labute approximate surface area is 113 Å². The van der Waals surface area contributed by atoms with Crippen molar-refractivity contribution in [2.45, 2.75) is 6.92 Å². The van der Waals surface area contributed by atoms with Crippen LogP contribution in [0.4, 0.5) is 0 Å². The second kappa shape index (κ2) is 7.45. The Morgan fingerprint density at radius 2 is 2.33 bits per heavy atom. The maximum atomic E-state index is 5.16. The summed E-state index contributed by atoms with van der Waals surface area (Å²) in [7, 11) is 1.64. The molecule has 0 radical (unpaired) electrons. The number of benzene rings is 1. The van der Waals surface area contributed by atoms with E-state index in [-0.39, 0.29) is 0 Å². The fourth-order valence-corrected chi connectivity index (χ4v) is 1.38. The number of thiocarbonyl (C=S) groups is 1. The first-order valence-electron chi connectivity index (χ1n) is 5.51. The molecule has 1 aromatic rings. The normalized spacial score (nSPS) is 10.7. The van der Waals surface area contributed by atoms with Gasteiger partial charge in [0.1, 0.15) is 5.75 Å². The molecule has 0 spiro atoms. The SMILES string of the molecule is C=CCNC(=S)N/N=C(/C)c1cccc(OC)c1. The van der Waals surface area contributed by atoms with Crippen molar-refractivity contribution in [1.82, 2.24) is 10.7 Å². The predicted molar refractivity (Wildman–Crippen MR) is 79.1 cm³/mol. The van der Waals surface area contributed by atoms with Crippen molar-refractivity contribution in [3.63, 3.8) is 0 Å². The van der Waals surface area contributed by atoms with Crippen LogP contribution in [-0.4, -0.2) is 24.5 Å². The summed E-state index contributed by atoms with van der Waals surface area (Å²) in [5, 5.41) is 7.60. The van der Waals surface area contributed by atoms with Crippen LogP contribution in [0.5, 0.6) is 5.75 Å². The van der Waals surface area contributed by atoms with Crippen LogP contribution >= 0.6 is 12.2 Å². The third-order valence-corrected chi connectivity index (χ3v) is 2.46. The molecule has 0 aliphatic rings. The third kappa shape index (κ3) is 4.55. The second-order valence-electron chi connectivity index (χ2n) is 3.54. The first-order chi connectivity index (χ1) is 8.67. The lowest BCUT2D eigenvalue weighted by Gasteiger charge is -2.07. The largest absolute Gasteiger partial charge is 0.497 e. The third-order valence-electron chi connectivity index (χ3n) is 2.22. The maximum absolute atomic E-state index is 5.16. The topological polar surface area (TPSA) is 45.7 Å². The van der Waals surface area contributed by atoms with Crippen molar-refractivity contribution < 1.29 is 4.74 Å². The van der Waals surface area contributed by atoms with E-state index in [1.165, 1.54) is 0 Å². The molecule has 4 nitrogen and oxygen atoms in total. The second-order valence-corrected chi connectivity index (χ2v) is 3.95. The lowest BCUT2D eigenvalue weighted by molar-refractivity contribution is 0.414. The molecule has 0 aliphatic carbocycles. The van der Waals surface area contributed by atoms with Crippen molar-refractivity contribution in [2.24, 2.45) is 5.10 Å². The number of ether oxygens (including phenoxy) is 1. The van der Waals surface area contributed by atoms with Gasteiger partial charge in [-0.2, -0.15) is 5.10 Å². The fraction of sp³-hybridized carbons (Fsp3) is 0.231. The van der Waals surface area contributed by atoms with Crippen LogP contribution in [-0.2, 0) is 0 Å². The van der Waals surface area contributed by atoms with Gasteiger partial charge in [-0.3, -0.25) is 5.43 Å². The maximum Gasteiger partial charge on any atom is 0.187 e. The zero-order valence-corrected chi connectivity index (χ0v) is 11.4. The Bertz CT molecular complexity index is 457. The molecule has 0 fully saturated rings. The van der Waals surface area contributed by atoms with Gasteiger partial charge >= 0.3 is 0 Å². The Kier molecular flexibility index (Phi) is 5.87. The number of nitrogens with one attached hydrogen (secondary N) is 2. The van der Waals surface area contributed by atoms with E-state index < -0.39 is 0 Å². The molecule has 96 valence electrons. The number of hydrazone groups is 1. The van der Waals surface area contributed by atoms with Crippen molar-refractivity contribution in [3.8, 4) is 5.75 Å². The lowest BCUT2D eigenvalue weighted by atomic mass is 10.1. The van der Waals surface area contributed by atoms with Crippen molar-refractivity contribution >= 4 is 23.0 Å². The van der Waals surface area contributed by atoms with Crippen LogP contribution in [0.25, 0.3) is 0 Å². The number of hydrogen-bond donors (Lipinski definition) is 2. The van der Waals surface area contributed by atoms with Gasteiger partial charge in [-0.15, -0.1) is 6.58 Å². The zero-order valence-electron chi connectivity index (χ0n) is 10.6. The quantitative estimate of drug-likeness (QED) is 0.369. The van der Waals surface area contributed by atoms with Gasteiger partial charge in [-0.25, -0.2) is 0 Å². The van der Waals surface area contributed by atoms with E-state index in [9.17, 15) is 0 Å². The molecule has 18 heavy (non-hydrogen) atoms. The minimum absolute atomic E-state index is 0.470. The van der Waals surface area contributed by atoms with Crippen LogP contribution in [0.3, 0.4) is 0 Å². The summed E-state index contributed by atoms with van der Waals surface area (Å²) < 4.78 is 5.16. The molecule has 0 atom stereocenters. The standard InChI is InChI=1S/C13H17N3OS/c1-4-8-14-13(18)16-15-10(2)11-6-5-7-12(9-11)17-3/h4-7,9H,1,8H2,2-3H3,(H2,14,16,18)/b15-10-. The summed E-state index contributed by atoms with van der Waals surface area (Å²) in [5.74, 6) is 0.800. The van der Waals surface area contributed by atoms with E-state index in [0.29, 0.717) is 11.7 Å². The molecule has 2 N–H and O–H groups in total. The Hall–Kier alpha value is -1.88. The Morgan fingerprint density at radius 3 is 3.00 bits per heavy atom. The van der Waals surface area contributed by atoms with E-state index in [0.717, 1.165) is 17.0 Å². The zero-order chi connectivity index (χ0) is 13.4. The summed E-state index contributed by atoms with van der Waals surface area (Å²) >= 11 is 5.03. The lowest BCUT2D eigenvalue weighted by Crippen LogP contribution is -2.32. The summed E-state index contributed by atoms with van der Waals surface area (Å²) in [6.45, 7) is 6.11. The van der Waals surface area contributed by atoms with E-state index in [1.807, 2.05) is 31.2 Å². The summed E-state index contributed by atoms with van der Waals surface area (Å²) in [6, 6.07) is 7.69. The average molecular weight is 263 g/mol. The van der Waals surface area contributed by atoms with Crippen molar-refractivity contribution in [3.05, 3.63) is 42.5 Å². The number of hydrogen-bond acceptors (Lipinski definition) is 3. The highest BCUT2D eigenvalue weighted by molar-refractivity contribution is 7.80. The Balaban J connectivity index is 2.64. The van der Waals surface area contributed by atoms with Gasteiger partial charge in [0.15, 0.2) is 5.11 Å². The number of nitrogens with zero attached hydrogens (tertiary/aromatic N) is 1. The summed E-state index contributed by atoms with van der Waals surface area (Å²) in [5.41, 5.74) is 4.58. The van der Waals surface area contributed by atoms with Crippen LogP contribution in [0, 0.1) is 0 Å². The molecule has 1 aromatic carbocycles. The highest BCUT2D eigenvalue weighted by Gasteiger charge is 1.99. The molecule has 0 aliphatic heterocycles. The van der Waals surface area contributed by atoms with Gasteiger partial charge in [-0.05, 0) is 31.3 Å². The monoisotopic (exact) mass is 263 g/mol. The first kappa shape index (κ1) is 14.2. The van der Waals surface area contributed by atoms with E-state index >= 15 is 0 Å². The van der Waals surface area contributed by atoms with Gasteiger partial charge in [0.2, 0.25) is 0 Å². The van der Waals surface area contributed by atoms with E-state index in [2.05, 4.69) is 22.4 Å². The predicted octanol–water partition coefficient (Wildman–Crippen LogP) is 2.07. The fourth-order valence-electron chi connectivity index (χ4n) is 1.25. The average Bonchev–Trinajstić information content (AvgIpc) is 2.42. The molecule has 5 heteroatoms. The van der Waals surface area contributed by atoms with Gasteiger partial charge in [0.05, 0.1) is 12.8 Å². The molecule has 0 saturated heterocycles. The molecule has 0 heterocycles. The highest BCUT2D eigenvalue weighted by Crippen LogP contribution is 2.12. The van der Waals surface area contributed by atoms with Crippen molar-refractivity contribution in [1.29, 1.82) is 0 Å². The molecule has 0 aromatic heterocycles. The first-order valence-corrected chi connectivity index (χ1v) is 5.91. The minimum Gasteiger partial charge on any atom is -0.497 e. The van der Waals surface area contributed by atoms with Gasteiger partial charge in [0, 0.05) is 12.1 Å². The van der Waals surface area contributed by atoms with E-state index in [1.54, 1.807) is 13.2 Å². The molecular weight excluding hydrogens is 246 g/mol. The minimum atomic E-state index is 0.470. The van der Waals surface area contributed by atoms with E-state index in [4.69, 9.17) is 17.0 Å². The molecule has 0 saturated carbocycles. The van der Waals surface area contributed by atoms with Gasteiger partial charge in [-0.1, -0.05) is 18.2 Å².